The predicted molar refractivity (Wildman–Crippen MR) is 69.1 cm³/mol. The van der Waals surface area contributed by atoms with Crippen LogP contribution in [0.4, 0.5) is 0 Å². The van der Waals surface area contributed by atoms with E-state index in [1.807, 2.05) is 0 Å². The number of imidazole rings is 1. The average Bonchev–Trinajstić information content (AvgIpc) is 3.01. The zero-order valence-corrected chi connectivity index (χ0v) is 15.0. The van der Waals surface area contributed by atoms with E-state index >= 15 is 0 Å². The van der Waals surface area contributed by atoms with E-state index in [2.05, 4.69) is 9.97 Å². The summed E-state index contributed by atoms with van der Waals surface area (Å²) >= 11 is 0. The Balaban J connectivity index is 0.00000208. The van der Waals surface area contributed by atoms with Crippen molar-refractivity contribution in [2.45, 2.75) is 29.7 Å². The monoisotopic (exact) mass is 370 g/mol. The Kier molecular flexibility index (Phi) is 5.49. The molecule has 0 bridgehead atoms. The van der Waals surface area contributed by atoms with Crippen molar-refractivity contribution in [3.05, 3.63) is 16.7 Å². The molecular formula is C10H11N4NaO8S. The van der Waals surface area contributed by atoms with Crippen molar-refractivity contribution in [2.24, 2.45) is 0 Å². The minimum Gasteiger partial charge on any atom is -0.742 e. The molecule has 2 aromatic rings. The number of aliphatic hydroxyl groups excluding tert-OH is 3. The van der Waals surface area contributed by atoms with Gasteiger partial charge >= 0.3 is 29.6 Å². The molecule has 3 heterocycles. The summed E-state index contributed by atoms with van der Waals surface area (Å²) in [6.07, 6.45) is -4.22. The maximum absolute atomic E-state index is 11.8. The third-order valence-electron chi connectivity index (χ3n) is 3.44. The third kappa shape index (κ3) is 3.14. The van der Waals surface area contributed by atoms with E-state index in [4.69, 9.17) is 9.84 Å². The van der Waals surface area contributed by atoms with Gasteiger partial charge in [0.25, 0.3) is 5.56 Å². The minimum atomic E-state index is -5.03. The van der Waals surface area contributed by atoms with Crippen molar-refractivity contribution in [1.82, 2.24) is 19.5 Å². The molecule has 0 spiro atoms. The van der Waals surface area contributed by atoms with Crippen molar-refractivity contribution in [2.75, 3.05) is 6.61 Å². The number of H-pyrrole nitrogens is 1. The molecule has 1 saturated heterocycles. The Morgan fingerprint density at radius 3 is 2.58 bits per heavy atom. The Bertz CT molecular complexity index is 911. The smallest absolute Gasteiger partial charge is 0.742 e. The maximum Gasteiger partial charge on any atom is 1.00 e. The molecule has 3 rings (SSSR count). The van der Waals surface area contributed by atoms with Crippen molar-refractivity contribution in [3.8, 4) is 0 Å². The molecule has 0 aromatic carbocycles. The molecule has 126 valence electrons. The molecule has 4 N–H and O–H groups in total. The van der Waals surface area contributed by atoms with Crippen molar-refractivity contribution < 1.29 is 62.6 Å². The third-order valence-corrected chi connectivity index (χ3v) is 4.11. The van der Waals surface area contributed by atoms with E-state index in [1.54, 1.807) is 4.98 Å². The first kappa shape index (κ1) is 19.4. The Labute approximate surface area is 156 Å². The van der Waals surface area contributed by atoms with Crippen LogP contribution in [-0.4, -0.2) is 72.7 Å². The summed E-state index contributed by atoms with van der Waals surface area (Å²) < 4.78 is 39.3. The molecule has 0 aliphatic carbocycles. The van der Waals surface area contributed by atoms with Gasteiger partial charge in [-0.25, -0.2) is 18.4 Å². The van der Waals surface area contributed by atoms with Crippen LogP contribution in [0.3, 0.4) is 0 Å². The molecule has 0 amide bonds. The first-order chi connectivity index (χ1) is 10.7. The van der Waals surface area contributed by atoms with E-state index in [0.29, 0.717) is 0 Å². The topological polar surface area (TPSA) is 191 Å². The van der Waals surface area contributed by atoms with Crippen LogP contribution < -0.4 is 35.1 Å². The van der Waals surface area contributed by atoms with Gasteiger partial charge < -0.3 is 24.6 Å². The maximum atomic E-state index is 11.8. The van der Waals surface area contributed by atoms with Gasteiger partial charge in [0.15, 0.2) is 27.5 Å². The SMILES string of the molecule is O=c1[nH]c(S(=O)(=O)[O-])nc2c1ncn2[C@@H]1O[C@H](CO)[C@H](O)C1O.[Na+]. The molecule has 1 aliphatic rings. The normalized spacial score (nSPS) is 27.3. The summed E-state index contributed by atoms with van der Waals surface area (Å²) in [5.74, 6) is 0. The largest absolute Gasteiger partial charge is 1.00 e. The Morgan fingerprint density at radius 1 is 1.38 bits per heavy atom. The Morgan fingerprint density at radius 2 is 2.04 bits per heavy atom. The summed E-state index contributed by atoms with van der Waals surface area (Å²) in [4.78, 5) is 20.8. The van der Waals surface area contributed by atoms with Crippen LogP contribution in [0.1, 0.15) is 6.23 Å². The van der Waals surface area contributed by atoms with E-state index in [0.717, 1.165) is 10.9 Å². The van der Waals surface area contributed by atoms with Crippen LogP contribution in [0.25, 0.3) is 11.2 Å². The van der Waals surface area contributed by atoms with Crippen LogP contribution in [0.15, 0.2) is 16.3 Å². The van der Waals surface area contributed by atoms with Gasteiger partial charge in [-0.3, -0.25) is 14.3 Å². The molecule has 4 atom stereocenters. The molecule has 1 aliphatic heterocycles. The molecular weight excluding hydrogens is 359 g/mol. The summed E-state index contributed by atoms with van der Waals surface area (Å²) in [5, 5.41) is 27.7. The quantitative estimate of drug-likeness (QED) is 0.229. The summed E-state index contributed by atoms with van der Waals surface area (Å²) in [6, 6.07) is 0. The second-order valence-electron chi connectivity index (χ2n) is 4.88. The number of nitrogens with one attached hydrogen (secondary N) is 1. The molecule has 1 fully saturated rings. The second-order valence-corrected chi connectivity index (χ2v) is 6.17. The first-order valence-electron chi connectivity index (χ1n) is 6.29. The number of nitrogens with zero attached hydrogens (tertiary/aromatic N) is 3. The van der Waals surface area contributed by atoms with Gasteiger partial charge in [-0.2, -0.15) is 0 Å². The molecule has 12 nitrogen and oxygen atoms in total. The predicted octanol–water partition coefficient (Wildman–Crippen LogP) is -6.36. The minimum absolute atomic E-state index is 0. The second kappa shape index (κ2) is 6.78. The number of ether oxygens (including phenoxy) is 1. The molecule has 2 aromatic heterocycles. The van der Waals surface area contributed by atoms with Crippen LogP contribution in [0.2, 0.25) is 0 Å². The van der Waals surface area contributed by atoms with E-state index < -0.39 is 52.0 Å². The zero-order valence-electron chi connectivity index (χ0n) is 12.2. The van der Waals surface area contributed by atoms with Crippen LogP contribution >= 0.6 is 0 Å². The molecule has 24 heavy (non-hydrogen) atoms. The average molecular weight is 370 g/mol. The van der Waals surface area contributed by atoms with Gasteiger partial charge in [0.1, 0.15) is 18.3 Å². The van der Waals surface area contributed by atoms with E-state index in [1.165, 1.54) is 0 Å². The summed E-state index contributed by atoms with van der Waals surface area (Å²) in [7, 11) is -5.03. The fraction of sp³-hybridized carbons (Fsp3) is 0.500. The molecule has 1 unspecified atom stereocenters. The van der Waals surface area contributed by atoms with Gasteiger partial charge in [0, 0.05) is 0 Å². The van der Waals surface area contributed by atoms with Gasteiger partial charge in [-0.05, 0) is 0 Å². The number of aliphatic hydroxyl groups is 3. The number of hydrogen-bond donors (Lipinski definition) is 4. The number of fused-ring (bicyclic) bond motifs is 1. The van der Waals surface area contributed by atoms with E-state index in [9.17, 15) is 28.0 Å². The van der Waals surface area contributed by atoms with Crippen LogP contribution in [-0.2, 0) is 14.9 Å². The van der Waals surface area contributed by atoms with Crippen LogP contribution in [0, 0.1) is 0 Å². The van der Waals surface area contributed by atoms with Gasteiger partial charge in [0.05, 0.1) is 12.9 Å². The fourth-order valence-corrected chi connectivity index (χ4v) is 2.74. The number of aromatic amines is 1. The summed E-state index contributed by atoms with van der Waals surface area (Å²) in [5.41, 5.74) is -1.57. The molecule has 14 heteroatoms. The van der Waals surface area contributed by atoms with Crippen molar-refractivity contribution >= 4 is 21.3 Å². The number of hydrogen-bond acceptors (Lipinski definition) is 10. The van der Waals surface area contributed by atoms with Crippen molar-refractivity contribution in [3.63, 3.8) is 0 Å². The zero-order chi connectivity index (χ0) is 16.9. The molecule has 0 saturated carbocycles. The van der Waals surface area contributed by atoms with E-state index in [-0.39, 0.29) is 40.7 Å². The molecule has 0 radical (unpaired) electrons. The first-order valence-corrected chi connectivity index (χ1v) is 7.70. The van der Waals surface area contributed by atoms with Gasteiger partial charge in [-0.15, -0.1) is 0 Å². The van der Waals surface area contributed by atoms with Gasteiger partial charge in [-0.1, -0.05) is 0 Å². The number of aromatic nitrogens is 4. The number of rotatable bonds is 3. The van der Waals surface area contributed by atoms with Gasteiger partial charge in [0.2, 0.25) is 5.16 Å². The van der Waals surface area contributed by atoms with Crippen LogP contribution in [0.5, 0.6) is 0 Å². The fourth-order valence-electron chi connectivity index (χ4n) is 2.32. The standard InChI is InChI=1S/C10H12N4O8S.Na/c15-1-3-5(16)6(17)9(22-3)14-2-11-4-7(14)12-10(13-8(4)18)23(19,20)21;/h2-3,5-6,9,15-17H,1H2,(H,12,13,18)(H,19,20,21);/q;+1/p-1/t3-,5+,6?,9-;/m1./s1. The Hall–Kier alpha value is -0.900. The van der Waals surface area contributed by atoms with Crippen molar-refractivity contribution in [1.29, 1.82) is 0 Å². The summed E-state index contributed by atoms with van der Waals surface area (Å²) in [6.45, 7) is -0.574.